The van der Waals surface area contributed by atoms with Crippen molar-refractivity contribution in [1.29, 1.82) is 0 Å². The van der Waals surface area contributed by atoms with Gasteiger partial charge in [0.15, 0.2) is 0 Å². The zero-order valence-electron chi connectivity index (χ0n) is 16.6. The molecule has 0 radical (unpaired) electrons. The zero-order chi connectivity index (χ0) is 21.0. The molecule has 6 nitrogen and oxygen atoms in total. The maximum Gasteiger partial charge on any atom is 0.243 e. The molecule has 0 aliphatic rings. The summed E-state index contributed by atoms with van der Waals surface area (Å²) in [5, 5.41) is 2.87. The van der Waals surface area contributed by atoms with E-state index in [0.717, 1.165) is 21.0 Å². The van der Waals surface area contributed by atoms with Crippen molar-refractivity contribution in [1.82, 2.24) is 9.62 Å². The second kappa shape index (κ2) is 8.63. The van der Waals surface area contributed by atoms with Gasteiger partial charge in [0.1, 0.15) is 11.8 Å². The van der Waals surface area contributed by atoms with Gasteiger partial charge in [0, 0.05) is 7.05 Å². The normalized spacial score (nSPS) is 12.7. The molecule has 2 aromatic carbocycles. The number of hydrogen-bond donors (Lipinski definition) is 1. The van der Waals surface area contributed by atoms with E-state index in [2.05, 4.69) is 5.32 Å². The molecule has 0 spiro atoms. The molecule has 1 atom stereocenters. The second-order valence-electron chi connectivity index (χ2n) is 6.93. The molecule has 0 saturated heterocycles. The Morgan fingerprint density at radius 1 is 1.03 bits per heavy atom. The molecule has 0 bridgehead atoms. The number of furan rings is 1. The number of likely N-dealkylation sites (N-methyl/N-ethyl adjacent to an activating group) is 1. The Balaban J connectivity index is 1.76. The summed E-state index contributed by atoms with van der Waals surface area (Å²) in [5.74, 6) is 0.148. The Morgan fingerprint density at radius 3 is 2.38 bits per heavy atom. The fourth-order valence-electron chi connectivity index (χ4n) is 2.97. The van der Waals surface area contributed by atoms with Crippen LogP contribution in [0.4, 0.5) is 0 Å². The third kappa shape index (κ3) is 4.75. The van der Waals surface area contributed by atoms with Crippen LogP contribution < -0.4 is 5.32 Å². The third-order valence-corrected chi connectivity index (χ3v) is 6.62. The van der Waals surface area contributed by atoms with Gasteiger partial charge in [0.25, 0.3) is 0 Å². The fourth-order valence-corrected chi connectivity index (χ4v) is 4.18. The smallest absolute Gasteiger partial charge is 0.243 e. The quantitative estimate of drug-likeness (QED) is 0.645. The minimum absolute atomic E-state index is 0.168. The number of aryl methyl sites for hydroxylation is 2. The van der Waals surface area contributed by atoms with Crippen molar-refractivity contribution in [2.24, 2.45) is 0 Å². The molecule has 3 rings (SSSR count). The summed E-state index contributed by atoms with van der Waals surface area (Å²) in [6.07, 6.45) is 1.54. The standard InChI is InChI=1S/C22H24N2O4S/c1-16-11-12-19(14-17(16)2)29(26,27)24(3)15-21(25)23-22(20-10-7-13-28-20)18-8-5-4-6-9-18/h4-14,22H,15H2,1-3H3,(H,23,25). The molecule has 152 valence electrons. The topological polar surface area (TPSA) is 79.6 Å². The molecule has 0 aliphatic carbocycles. The summed E-state index contributed by atoms with van der Waals surface area (Å²) < 4.78 is 32.2. The number of nitrogens with one attached hydrogen (secondary N) is 1. The molecule has 29 heavy (non-hydrogen) atoms. The van der Waals surface area contributed by atoms with Crippen LogP contribution in [-0.4, -0.2) is 32.2 Å². The highest BCUT2D eigenvalue weighted by Crippen LogP contribution is 2.23. The van der Waals surface area contributed by atoms with E-state index in [1.807, 2.05) is 44.2 Å². The van der Waals surface area contributed by atoms with Gasteiger partial charge >= 0.3 is 0 Å². The number of benzene rings is 2. The van der Waals surface area contributed by atoms with E-state index in [4.69, 9.17) is 4.42 Å². The molecule has 0 saturated carbocycles. The molecule has 3 aromatic rings. The second-order valence-corrected chi connectivity index (χ2v) is 8.98. The average Bonchev–Trinajstić information content (AvgIpc) is 3.23. The van der Waals surface area contributed by atoms with Crippen molar-refractivity contribution in [2.75, 3.05) is 13.6 Å². The minimum Gasteiger partial charge on any atom is -0.467 e. The maximum atomic E-state index is 12.8. The summed E-state index contributed by atoms with van der Waals surface area (Å²) in [6.45, 7) is 3.47. The van der Waals surface area contributed by atoms with Gasteiger partial charge in [-0.25, -0.2) is 8.42 Å². The van der Waals surface area contributed by atoms with Crippen molar-refractivity contribution in [2.45, 2.75) is 24.8 Å². The first kappa shape index (κ1) is 20.8. The van der Waals surface area contributed by atoms with Crippen molar-refractivity contribution < 1.29 is 17.6 Å². The van der Waals surface area contributed by atoms with E-state index in [9.17, 15) is 13.2 Å². The lowest BCUT2D eigenvalue weighted by molar-refractivity contribution is -0.121. The van der Waals surface area contributed by atoms with Crippen LogP contribution in [-0.2, 0) is 14.8 Å². The summed E-state index contributed by atoms with van der Waals surface area (Å²) in [6, 6.07) is 17.3. The number of carbonyl (C=O) groups is 1. The van der Waals surface area contributed by atoms with Gasteiger partial charge < -0.3 is 9.73 Å². The minimum atomic E-state index is -3.78. The molecule has 1 N–H and O–H groups in total. The molecule has 1 unspecified atom stereocenters. The van der Waals surface area contributed by atoms with Gasteiger partial charge in [-0.05, 0) is 54.8 Å². The molecule has 0 fully saturated rings. The van der Waals surface area contributed by atoms with Crippen LogP contribution in [0.2, 0.25) is 0 Å². The highest BCUT2D eigenvalue weighted by atomic mass is 32.2. The fraction of sp³-hybridized carbons (Fsp3) is 0.227. The van der Waals surface area contributed by atoms with Crippen LogP contribution in [0, 0.1) is 13.8 Å². The molecule has 1 heterocycles. The lowest BCUT2D eigenvalue weighted by Crippen LogP contribution is -2.40. The van der Waals surface area contributed by atoms with Crippen LogP contribution in [0.15, 0.2) is 76.2 Å². The lowest BCUT2D eigenvalue weighted by atomic mass is 10.0. The summed E-state index contributed by atoms with van der Waals surface area (Å²) in [4.78, 5) is 12.8. The van der Waals surface area contributed by atoms with Crippen LogP contribution in [0.25, 0.3) is 0 Å². The number of nitrogens with zero attached hydrogens (tertiary/aromatic N) is 1. The number of rotatable bonds is 7. The van der Waals surface area contributed by atoms with E-state index in [1.54, 1.807) is 30.3 Å². The van der Waals surface area contributed by atoms with E-state index in [-0.39, 0.29) is 11.4 Å². The predicted octanol–water partition coefficient (Wildman–Crippen LogP) is 3.42. The highest BCUT2D eigenvalue weighted by Gasteiger charge is 2.25. The highest BCUT2D eigenvalue weighted by molar-refractivity contribution is 7.89. The summed E-state index contributed by atoms with van der Waals surface area (Å²) >= 11 is 0. The lowest BCUT2D eigenvalue weighted by Gasteiger charge is -2.21. The molecular formula is C22H24N2O4S. The molecule has 1 amide bonds. The molecular weight excluding hydrogens is 388 g/mol. The average molecular weight is 413 g/mol. The van der Waals surface area contributed by atoms with E-state index >= 15 is 0 Å². The first-order chi connectivity index (χ1) is 13.8. The largest absolute Gasteiger partial charge is 0.467 e. The summed E-state index contributed by atoms with van der Waals surface area (Å²) in [5.41, 5.74) is 2.73. The zero-order valence-corrected chi connectivity index (χ0v) is 17.4. The Bertz CT molecular complexity index is 1080. The van der Waals surface area contributed by atoms with Crippen LogP contribution in [0.1, 0.15) is 28.5 Å². The molecule has 7 heteroatoms. The Labute approximate surface area is 171 Å². The number of sulfonamides is 1. The van der Waals surface area contributed by atoms with Crippen LogP contribution in [0.5, 0.6) is 0 Å². The first-order valence-corrected chi connectivity index (χ1v) is 10.6. The van der Waals surface area contributed by atoms with E-state index in [1.165, 1.54) is 13.3 Å². The van der Waals surface area contributed by atoms with Gasteiger partial charge in [-0.3, -0.25) is 4.79 Å². The van der Waals surface area contributed by atoms with Crippen molar-refractivity contribution in [3.05, 3.63) is 89.4 Å². The Morgan fingerprint density at radius 2 is 1.76 bits per heavy atom. The van der Waals surface area contributed by atoms with E-state index < -0.39 is 22.0 Å². The molecule has 1 aromatic heterocycles. The first-order valence-electron chi connectivity index (χ1n) is 9.20. The van der Waals surface area contributed by atoms with Gasteiger partial charge in [0.05, 0.1) is 17.7 Å². The van der Waals surface area contributed by atoms with E-state index in [0.29, 0.717) is 5.76 Å². The van der Waals surface area contributed by atoms with Gasteiger partial charge in [-0.1, -0.05) is 36.4 Å². The van der Waals surface area contributed by atoms with Gasteiger partial charge in [-0.15, -0.1) is 0 Å². The van der Waals surface area contributed by atoms with Gasteiger partial charge in [0.2, 0.25) is 15.9 Å². The Kier molecular flexibility index (Phi) is 6.20. The van der Waals surface area contributed by atoms with Crippen molar-refractivity contribution in [3.8, 4) is 0 Å². The van der Waals surface area contributed by atoms with Crippen molar-refractivity contribution in [3.63, 3.8) is 0 Å². The SMILES string of the molecule is Cc1ccc(S(=O)(=O)N(C)CC(=O)NC(c2ccccc2)c2ccco2)cc1C. The summed E-state index contributed by atoms with van der Waals surface area (Å²) in [7, 11) is -2.38. The van der Waals surface area contributed by atoms with Gasteiger partial charge in [-0.2, -0.15) is 4.31 Å². The Hall–Kier alpha value is -2.90. The number of carbonyl (C=O) groups excluding carboxylic acids is 1. The number of amides is 1. The monoisotopic (exact) mass is 412 g/mol. The van der Waals surface area contributed by atoms with Crippen LogP contribution >= 0.6 is 0 Å². The molecule has 0 aliphatic heterocycles. The van der Waals surface area contributed by atoms with Crippen molar-refractivity contribution >= 4 is 15.9 Å². The number of hydrogen-bond acceptors (Lipinski definition) is 4. The van der Waals surface area contributed by atoms with Crippen LogP contribution in [0.3, 0.4) is 0 Å². The third-order valence-electron chi connectivity index (χ3n) is 4.82. The maximum absolute atomic E-state index is 12.8. The predicted molar refractivity (Wildman–Crippen MR) is 111 cm³/mol.